The number of hydrogen-bond donors (Lipinski definition) is 0. The van der Waals surface area contributed by atoms with E-state index in [2.05, 4.69) is 53.5 Å². The normalized spacial score (nSPS) is 20.1. The van der Waals surface area contributed by atoms with Crippen LogP contribution in [0.25, 0.3) is 0 Å². The predicted molar refractivity (Wildman–Crippen MR) is 107 cm³/mol. The fourth-order valence-electron chi connectivity index (χ4n) is 4.03. The Kier molecular flexibility index (Phi) is 4.24. The van der Waals surface area contributed by atoms with E-state index in [1.54, 1.807) is 18.0 Å². The number of hydrogen-bond acceptors (Lipinski definition) is 4. The van der Waals surface area contributed by atoms with Crippen molar-refractivity contribution in [1.82, 2.24) is 9.55 Å². The van der Waals surface area contributed by atoms with Crippen LogP contribution in [0, 0.1) is 0 Å². The molecule has 4 nitrogen and oxygen atoms in total. The van der Waals surface area contributed by atoms with Crippen molar-refractivity contribution in [2.24, 2.45) is 0 Å². The summed E-state index contributed by atoms with van der Waals surface area (Å²) in [6, 6.07) is 19.7. The first kappa shape index (κ1) is 16.6. The summed E-state index contributed by atoms with van der Waals surface area (Å²) in [5.74, 6) is 1.36. The van der Waals surface area contributed by atoms with Crippen LogP contribution in [0.15, 0.2) is 70.5 Å². The van der Waals surface area contributed by atoms with Crippen LogP contribution in [-0.2, 0) is 13.0 Å². The zero-order valence-electron chi connectivity index (χ0n) is 14.9. The molecule has 5 rings (SSSR count). The Morgan fingerprint density at radius 2 is 1.96 bits per heavy atom. The average Bonchev–Trinajstić information content (AvgIpc) is 3.30. The van der Waals surface area contributed by atoms with Crippen LogP contribution in [0.4, 0.5) is 0 Å². The molecule has 1 aliphatic carbocycles. The molecule has 2 atom stereocenters. The Morgan fingerprint density at radius 1 is 1.11 bits per heavy atom. The summed E-state index contributed by atoms with van der Waals surface area (Å²) in [6.07, 6.45) is 4.18. The summed E-state index contributed by atoms with van der Waals surface area (Å²) < 4.78 is 7.68. The molecule has 2 aromatic carbocycles. The summed E-state index contributed by atoms with van der Waals surface area (Å²) in [6.45, 7) is 0.743. The molecule has 0 spiro atoms. The quantitative estimate of drug-likeness (QED) is 0.649. The second-order valence-corrected chi connectivity index (χ2v) is 8.20. The van der Waals surface area contributed by atoms with Gasteiger partial charge in [-0.05, 0) is 41.7 Å². The van der Waals surface area contributed by atoms with Crippen LogP contribution >= 0.6 is 11.8 Å². The van der Waals surface area contributed by atoms with E-state index >= 15 is 0 Å². The van der Waals surface area contributed by atoms with Gasteiger partial charge in [0.05, 0.1) is 6.54 Å². The zero-order chi connectivity index (χ0) is 18.2. The summed E-state index contributed by atoms with van der Waals surface area (Å²) in [4.78, 5) is 16.5. The van der Waals surface area contributed by atoms with Gasteiger partial charge in [-0.1, -0.05) is 36.4 Å². The van der Waals surface area contributed by atoms with Crippen molar-refractivity contribution in [3.05, 3.63) is 87.8 Å². The Balaban J connectivity index is 1.23. The van der Waals surface area contributed by atoms with Crippen molar-refractivity contribution in [2.45, 2.75) is 36.3 Å². The van der Waals surface area contributed by atoms with Gasteiger partial charge >= 0.3 is 0 Å². The van der Waals surface area contributed by atoms with Crippen molar-refractivity contribution in [3.8, 4) is 6.01 Å². The molecule has 0 N–H and O–H groups in total. The molecule has 2 aliphatic rings. The SMILES string of the molecule is O=c1ccn2c(n1)OC(CSc1ccc(C3CCc4ccccc43)cc1)C2. The molecule has 0 saturated heterocycles. The summed E-state index contributed by atoms with van der Waals surface area (Å²) in [5, 5.41) is 0. The molecule has 0 amide bonds. The number of thioether (sulfide) groups is 1. The lowest BCUT2D eigenvalue weighted by molar-refractivity contribution is 0.250. The molecule has 0 radical (unpaired) electrons. The Bertz CT molecular complexity index is 1030. The van der Waals surface area contributed by atoms with E-state index in [1.807, 2.05) is 4.57 Å². The maximum atomic E-state index is 11.3. The number of aromatic nitrogens is 2. The fourth-order valence-corrected chi connectivity index (χ4v) is 4.91. The molecule has 0 saturated carbocycles. The number of aryl methyl sites for hydroxylation is 1. The Morgan fingerprint density at radius 3 is 2.85 bits per heavy atom. The van der Waals surface area contributed by atoms with Gasteiger partial charge in [0, 0.05) is 28.8 Å². The standard InChI is InChI=1S/C22H20N2O2S/c25-21-11-12-24-13-17(26-22(24)23-21)14-27-18-8-5-16(6-9-18)20-10-7-15-3-1-2-4-19(15)20/h1-6,8-9,11-12,17,20H,7,10,13-14H2. The maximum absolute atomic E-state index is 11.3. The van der Waals surface area contributed by atoms with Crippen molar-refractivity contribution in [2.75, 3.05) is 5.75 Å². The molecule has 3 aromatic rings. The van der Waals surface area contributed by atoms with Crippen LogP contribution in [0.5, 0.6) is 6.01 Å². The highest BCUT2D eigenvalue weighted by molar-refractivity contribution is 7.99. The number of benzene rings is 2. The number of nitrogens with zero attached hydrogens (tertiary/aromatic N) is 2. The van der Waals surface area contributed by atoms with E-state index in [1.165, 1.54) is 40.5 Å². The minimum absolute atomic E-state index is 0.0469. The fraction of sp³-hybridized carbons (Fsp3) is 0.273. The topological polar surface area (TPSA) is 44.1 Å². The first-order valence-corrected chi connectivity index (χ1v) is 10.3. The molecule has 0 bridgehead atoms. The third kappa shape index (κ3) is 3.28. The van der Waals surface area contributed by atoms with Gasteiger partial charge in [0.1, 0.15) is 6.10 Å². The van der Waals surface area contributed by atoms with Gasteiger partial charge in [-0.2, -0.15) is 4.98 Å². The molecule has 0 fully saturated rings. The lowest BCUT2D eigenvalue weighted by Crippen LogP contribution is -2.17. The van der Waals surface area contributed by atoms with Crippen molar-refractivity contribution >= 4 is 11.8 Å². The third-order valence-electron chi connectivity index (χ3n) is 5.37. The first-order valence-electron chi connectivity index (χ1n) is 9.31. The van der Waals surface area contributed by atoms with E-state index in [4.69, 9.17) is 4.74 Å². The number of fused-ring (bicyclic) bond motifs is 2. The predicted octanol–water partition coefficient (Wildman–Crippen LogP) is 3.87. The lowest BCUT2D eigenvalue weighted by atomic mass is 9.93. The van der Waals surface area contributed by atoms with Gasteiger partial charge in [0.25, 0.3) is 11.6 Å². The van der Waals surface area contributed by atoms with Gasteiger partial charge < -0.3 is 4.74 Å². The summed E-state index contributed by atoms with van der Waals surface area (Å²) in [5.41, 5.74) is 4.12. The molecule has 2 unspecified atom stereocenters. The van der Waals surface area contributed by atoms with Gasteiger partial charge in [0.15, 0.2) is 0 Å². The Labute approximate surface area is 162 Å². The van der Waals surface area contributed by atoms with Crippen molar-refractivity contribution in [1.29, 1.82) is 0 Å². The van der Waals surface area contributed by atoms with Crippen LogP contribution in [0.2, 0.25) is 0 Å². The minimum Gasteiger partial charge on any atom is -0.458 e. The number of ether oxygens (including phenoxy) is 1. The highest BCUT2D eigenvalue weighted by Gasteiger charge is 2.24. The summed E-state index contributed by atoms with van der Waals surface area (Å²) >= 11 is 1.79. The highest BCUT2D eigenvalue weighted by Crippen LogP contribution is 2.38. The van der Waals surface area contributed by atoms with E-state index in [9.17, 15) is 4.79 Å². The molecule has 5 heteroatoms. The lowest BCUT2D eigenvalue weighted by Gasteiger charge is -2.13. The zero-order valence-corrected chi connectivity index (χ0v) is 15.7. The first-order chi connectivity index (χ1) is 13.3. The van der Waals surface area contributed by atoms with E-state index in [-0.39, 0.29) is 11.7 Å². The van der Waals surface area contributed by atoms with Gasteiger partial charge in [0.2, 0.25) is 0 Å². The van der Waals surface area contributed by atoms with Crippen LogP contribution in [0.3, 0.4) is 0 Å². The minimum atomic E-state index is -0.251. The molecular formula is C22H20N2O2S. The van der Waals surface area contributed by atoms with Crippen molar-refractivity contribution < 1.29 is 4.74 Å². The second-order valence-electron chi connectivity index (χ2n) is 7.11. The average molecular weight is 376 g/mol. The van der Waals surface area contributed by atoms with Gasteiger partial charge in [-0.15, -0.1) is 11.8 Å². The van der Waals surface area contributed by atoms with Gasteiger partial charge in [-0.3, -0.25) is 9.36 Å². The third-order valence-corrected chi connectivity index (χ3v) is 6.52. The van der Waals surface area contributed by atoms with E-state index in [0.717, 1.165) is 12.3 Å². The van der Waals surface area contributed by atoms with E-state index < -0.39 is 0 Å². The van der Waals surface area contributed by atoms with Crippen LogP contribution < -0.4 is 10.3 Å². The Hall–Kier alpha value is -2.53. The largest absolute Gasteiger partial charge is 0.458 e. The van der Waals surface area contributed by atoms with Gasteiger partial charge in [-0.25, -0.2) is 0 Å². The maximum Gasteiger partial charge on any atom is 0.300 e. The smallest absolute Gasteiger partial charge is 0.300 e. The van der Waals surface area contributed by atoms with Crippen LogP contribution in [0.1, 0.15) is 29.0 Å². The molecule has 2 heterocycles. The highest BCUT2D eigenvalue weighted by atomic mass is 32.2. The number of rotatable bonds is 4. The van der Waals surface area contributed by atoms with E-state index in [0.29, 0.717) is 11.9 Å². The molecule has 27 heavy (non-hydrogen) atoms. The molecular weight excluding hydrogens is 356 g/mol. The molecule has 136 valence electrons. The monoisotopic (exact) mass is 376 g/mol. The molecule has 1 aromatic heterocycles. The molecule has 1 aliphatic heterocycles. The van der Waals surface area contributed by atoms with Crippen molar-refractivity contribution in [3.63, 3.8) is 0 Å². The van der Waals surface area contributed by atoms with Crippen LogP contribution in [-0.4, -0.2) is 21.4 Å². The summed E-state index contributed by atoms with van der Waals surface area (Å²) in [7, 11) is 0. The second kappa shape index (κ2) is 6.89.